The summed E-state index contributed by atoms with van der Waals surface area (Å²) in [5.74, 6) is 1.01. The fourth-order valence-corrected chi connectivity index (χ4v) is 3.17. The summed E-state index contributed by atoms with van der Waals surface area (Å²) in [6.07, 6.45) is 0.984. The normalized spacial score (nSPS) is 13.3. The molecule has 8 nitrogen and oxygen atoms in total. The van der Waals surface area contributed by atoms with E-state index in [1.54, 1.807) is 45.4 Å². The molecule has 1 N–H and O–H groups in total. The van der Waals surface area contributed by atoms with E-state index >= 15 is 0 Å². The molecule has 0 saturated carbocycles. The van der Waals surface area contributed by atoms with Crippen molar-refractivity contribution in [2.75, 3.05) is 32.7 Å². The van der Waals surface area contributed by atoms with Crippen molar-refractivity contribution in [1.82, 2.24) is 5.01 Å². The van der Waals surface area contributed by atoms with Crippen LogP contribution in [0.15, 0.2) is 47.6 Å². The molecule has 0 aromatic heterocycles. The van der Waals surface area contributed by atoms with Gasteiger partial charge in [0, 0.05) is 23.4 Å². The van der Waals surface area contributed by atoms with E-state index in [4.69, 9.17) is 14.2 Å². The highest BCUT2D eigenvalue weighted by atomic mass is 16.5. The lowest BCUT2D eigenvalue weighted by Crippen LogP contribution is -2.32. The molecule has 0 atom stereocenters. The van der Waals surface area contributed by atoms with Gasteiger partial charge in [0.25, 0.3) is 5.91 Å². The van der Waals surface area contributed by atoms with Gasteiger partial charge in [0.15, 0.2) is 11.5 Å². The van der Waals surface area contributed by atoms with Crippen LogP contribution >= 0.6 is 0 Å². The minimum absolute atomic E-state index is 0.236. The summed E-state index contributed by atoms with van der Waals surface area (Å²) < 4.78 is 15.5. The quantitative estimate of drug-likeness (QED) is 0.778. The number of rotatable bonds is 6. The van der Waals surface area contributed by atoms with Crippen molar-refractivity contribution in [3.63, 3.8) is 0 Å². The van der Waals surface area contributed by atoms with Crippen LogP contribution in [0, 0.1) is 0 Å². The lowest BCUT2D eigenvalue weighted by molar-refractivity contribution is 0.0751. The lowest BCUT2D eigenvalue weighted by atomic mass is 10.0. The highest BCUT2D eigenvalue weighted by Gasteiger charge is 2.22. The van der Waals surface area contributed by atoms with E-state index in [1.165, 1.54) is 5.01 Å². The molecule has 2 aromatic rings. The van der Waals surface area contributed by atoms with Crippen molar-refractivity contribution in [2.45, 2.75) is 19.8 Å². The van der Waals surface area contributed by atoms with Crippen LogP contribution in [0.3, 0.4) is 0 Å². The zero-order chi connectivity index (χ0) is 21.5. The molecular weight excluding hydrogens is 386 g/mol. The molecule has 30 heavy (non-hydrogen) atoms. The van der Waals surface area contributed by atoms with Gasteiger partial charge in [-0.1, -0.05) is 6.07 Å². The number of hydrogen-bond donors (Lipinski definition) is 1. The minimum Gasteiger partial charge on any atom is -0.493 e. The molecule has 0 saturated heterocycles. The van der Waals surface area contributed by atoms with Crippen LogP contribution in [0.25, 0.3) is 0 Å². The number of ether oxygens (including phenoxy) is 3. The largest absolute Gasteiger partial charge is 0.493 e. The topological polar surface area (TPSA) is 89.5 Å². The van der Waals surface area contributed by atoms with Crippen molar-refractivity contribution >= 4 is 23.4 Å². The second-order valence-electron chi connectivity index (χ2n) is 6.57. The Morgan fingerprint density at radius 1 is 1.10 bits per heavy atom. The fraction of sp³-hybridized carbons (Fsp3) is 0.318. The van der Waals surface area contributed by atoms with Crippen LogP contribution < -0.4 is 14.8 Å². The first-order chi connectivity index (χ1) is 14.5. The predicted molar refractivity (Wildman–Crippen MR) is 113 cm³/mol. The number of carbonyl (C=O) groups excluding carboxylic acids is 2. The van der Waals surface area contributed by atoms with Crippen molar-refractivity contribution in [3.8, 4) is 11.5 Å². The zero-order valence-corrected chi connectivity index (χ0v) is 17.3. The first-order valence-electron chi connectivity index (χ1n) is 9.71. The number of nitrogens with zero attached hydrogens (tertiary/aromatic N) is 2. The monoisotopic (exact) mass is 411 g/mol. The number of benzene rings is 2. The maximum atomic E-state index is 13.0. The third kappa shape index (κ3) is 4.89. The molecule has 0 unspecified atom stereocenters. The van der Waals surface area contributed by atoms with E-state index in [0.29, 0.717) is 29.3 Å². The Bertz CT molecular complexity index is 958. The Morgan fingerprint density at radius 3 is 2.63 bits per heavy atom. The minimum atomic E-state index is -0.561. The van der Waals surface area contributed by atoms with Gasteiger partial charge >= 0.3 is 6.09 Å². The number of amides is 2. The van der Waals surface area contributed by atoms with Gasteiger partial charge in [-0.2, -0.15) is 5.10 Å². The molecule has 1 aliphatic heterocycles. The number of nitrogens with one attached hydrogen (secondary N) is 1. The molecule has 0 spiro atoms. The summed E-state index contributed by atoms with van der Waals surface area (Å²) in [6, 6.07) is 12.3. The standard InChI is InChI=1S/C22H25N3O5/c1-4-30-22(27)23-17-8-5-7-16(13-17)21(26)25-12-6-9-18(24-25)15-10-11-19(28-2)20(14-15)29-3/h5,7-8,10-11,13-14H,4,6,9,12H2,1-3H3,(H,23,27). The highest BCUT2D eigenvalue weighted by molar-refractivity contribution is 6.03. The average molecular weight is 411 g/mol. The summed E-state index contributed by atoms with van der Waals surface area (Å²) in [4.78, 5) is 24.6. The Morgan fingerprint density at radius 2 is 1.90 bits per heavy atom. The molecule has 2 amide bonds. The van der Waals surface area contributed by atoms with Gasteiger partial charge in [0.1, 0.15) is 0 Å². The van der Waals surface area contributed by atoms with E-state index in [0.717, 1.165) is 24.1 Å². The summed E-state index contributed by atoms with van der Waals surface area (Å²) in [6.45, 7) is 2.51. The molecular formula is C22H25N3O5. The first-order valence-corrected chi connectivity index (χ1v) is 9.71. The van der Waals surface area contributed by atoms with Gasteiger partial charge in [0.05, 0.1) is 26.5 Å². The van der Waals surface area contributed by atoms with Gasteiger partial charge in [-0.05, 0) is 56.2 Å². The molecule has 158 valence electrons. The van der Waals surface area contributed by atoms with E-state index in [9.17, 15) is 9.59 Å². The lowest BCUT2D eigenvalue weighted by Gasteiger charge is -2.24. The number of hydrogen-bond acceptors (Lipinski definition) is 6. The fourth-order valence-electron chi connectivity index (χ4n) is 3.17. The van der Waals surface area contributed by atoms with Crippen LogP contribution in [0.1, 0.15) is 35.7 Å². The molecule has 1 heterocycles. The smallest absolute Gasteiger partial charge is 0.411 e. The van der Waals surface area contributed by atoms with Crippen molar-refractivity contribution < 1.29 is 23.8 Å². The van der Waals surface area contributed by atoms with Gasteiger partial charge in [-0.25, -0.2) is 9.80 Å². The van der Waals surface area contributed by atoms with E-state index in [2.05, 4.69) is 10.4 Å². The van der Waals surface area contributed by atoms with E-state index < -0.39 is 6.09 Å². The third-order valence-electron chi connectivity index (χ3n) is 4.61. The Labute approximate surface area is 175 Å². The maximum absolute atomic E-state index is 13.0. The second-order valence-corrected chi connectivity index (χ2v) is 6.57. The van der Waals surface area contributed by atoms with Crippen LogP contribution in [-0.4, -0.2) is 50.1 Å². The molecule has 2 aromatic carbocycles. The van der Waals surface area contributed by atoms with Crippen molar-refractivity contribution in [1.29, 1.82) is 0 Å². The van der Waals surface area contributed by atoms with Crippen LogP contribution in [-0.2, 0) is 4.74 Å². The molecule has 0 radical (unpaired) electrons. The summed E-state index contributed by atoms with van der Waals surface area (Å²) in [7, 11) is 3.17. The third-order valence-corrected chi connectivity index (χ3v) is 4.61. The highest BCUT2D eigenvalue weighted by Crippen LogP contribution is 2.29. The molecule has 0 aliphatic carbocycles. The van der Waals surface area contributed by atoms with Crippen LogP contribution in [0.5, 0.6) is 11.5 Å². The van der Waals surface area contributed by atoms with Crippen LogP contribution in [0.4, 0.5) is 10.5 Å². The number of carbonyl (C=O) groups is 2. The Kier molecular flexibility index (Phi) is 6.90. The Hall–Kier alpha value is -3.55. The van der Waals surface area contributed by atoms with E-state index in [-0.39, 0.29) is 12.5 Å². The molecule has 8 heteroatoms. The van der Waals surface area contributed by atoms with Gasteiger partial charge in [-0.3, -0.25) is 10.1 Å². The van der Waals surface area contributed by atoms with Crippen LogP contribution in [0.2, 0.25) is 0 Å². The molecule has 1 aliphatic rings. The number of anilines is 1. The first kappa shape index (κ1) is 21.2. The average Bonchev–Trinajstić information content (AvgIpc) is 2.78. The van der Waals surface area contributed by atoms with Crippen molar-refractivity contribution in [2.24, 2.45) is 5.10 Å². The van der Waals surface area contributed by atoms with Gasteiger partial charge < -0.3 is 14.2 Å². The summed E-state index contributed by atoms with van der Waals surface area (Å²) >= 11 is 0. The zero-order valence-electron chi connectivity index (χ0n) is 17.3. The van der Waals surface area contributed by atoms with Gasteiger partial charge in [-0.15, -0.1) is 0 Å². The summed E-state index contributed by atoms with van der Waals surface area (Å²) in [5.41, 5.74) is 2.60. The molecule has 0 bridgehead atoms. The summed E-state index contributed by atoms with van der Waals surface area (Å²) in [5, 5.41) is 8.63. The van der Waals surface area contributed by atoms with Crippen molar-refractivity contribution in [3.05, 3.63) is 53.6 Å². The van der Waals surface area contributed by atoms with Gasteiger partial charge in [0.2, 0.25) is 0 Å². The SMILES string of the molecule is CCOC(=O)Nc1cccc(C(=O)N2CCCC(c3ccc(OC)c(OC)c3)=N2)c1. The Balaban J connectivity index is 1.81. The number of methoxy groups -OCH3 is 2. The second kappa shape index (κ2) is 9.78. The predicted octanol–water partition coefficient (Wildman–Crippen LogP) is 3.91. The van der Waals surface area contributed by atoms with E-state index in [1.807, 2.05) is 18.2 Å². The maximum Gasteiger partial charge on any atom is 0.411 e. The number of hydrazone groups is 1. The molecule has 0 fully saturated rings. The molecule has 3 rings (SSSR count).